The normalized spacial score (nSPS) is 10.4. The molecule has 0 saturated carbocycles. The summed E-state index contributed by atoms with van der Waals surface area (Å²) in [5.41, 5.74) is 1.88. The fourth-order valence-corrected chi connectivity index (χ4v) is 2.74. The molecule has 2 aromatic rings. The molecular formula is C16H18N2OS. The Balaban J connectivity index is 2.00. The lowest BCUT2D eigenvalue weighted by Gasteiger charge is -2.07. The standard InChI is InChI=1S/C16H18N2OS/c1-2-7-18-11-13-5-6-16(14(9-13)10-17)20-12-15-4-3-8-19-15/h3-6,8-9,18H,2,7,11-12H2,1H3. The van der Waals surface area contributed by atoms with Crippen LogP contribution in [0.15, 0.2) is 45.9 Å². The molecule has 1 heterocycles. The highest BCUT2D eigenvalue weighted by Crippen LogP contribution is 2.27. The number of thioether (sulfide) groups is 1. The van der Waals surface area contributed by atoms with Crippen LogP contribution in [-0.4, -0.2) is 6.54 Å². The minimum atomic E-state index is 0.734. The van der Waals surface area contributed by atoms with Gasteiger partial charge >= 0.3 is 0 Å². The number of hydrogen-bond donors (Lipinski definition) is 1. The van der Waals surface area contributed by atoms with Gasteiger partial charge in [-0.05, 0) is 42.8 Å². The molecule has 0 saturated heterocycles. The number of benzene rings is 1. The number of nitriles is 1. The maximum absolute atomic E-state index is 9.26. The monoisotopic (exact) mass is 286 g/mol. The zero-order valence-electron chi connectivity index (χ0n) is 11.6. The van der Waals surface area contributed by atoms with Crippen molar-refractivity contribution in [3.05, 3.63) is 53.5 Å². The first-order valence-corrected chi connectivity index (χ1v) is 7.71. The van der Waals surface area contributed by atoms with E-state index < -0.39 is 0 Å². The summed E-state index contributed by atoms with van der Waals surface area (Å²) >= 11 is 1.63. The minimum absolute atomic E-state index is 0.734. The first kappa shape index (κ1) is 14.7. The molecule has 1 aromatic carbocycles. The van der Waals surface area contributed by atoms with Crippen molar-refractivity contribution in [3.63, 3.8) is 0 Å². The average molecular weight is 286 g/mol. The summed E-state index contributed by atoms with van der Waals surface area (Å²) in [6.07, 6.45) is 2.78. The maximum Gasteiger partial charge on any atom is 0.113 e. The van der Waals surface area contributed by atoms with Gasteiger partial charge in [-0.15, -0.1) is 11.8 Å². The molecular weight excluding hydrogens is 268 g/mol. The largest absolute Gasteiger partial charge is 0.468 e. The lowest BCUT2D eigenvalue weighted by molar-refractivity contribution is 0.530. The van der Waals surface area contributed by atoms with Crippen molar-refractivity contribution < 1.29 is 4.42 Å². The van der Waals surface area contributed by atoms with Crippen LogP contribution < -0.4 is 5.32 Å². The molecule has 0 amide bonds. The molecule has 0 aliphatic heterocycles. The number of nitrogens with one attached hydrogen (secondary N) is 1. The fraction of sp³-hybridized carbons (Fsp3) is 0.312. The minimum Gasteiger partial charge on any atom is -0.468 e. The molecule has 0 radical (unpaired) electrons. The zero-order chi connectivity index (χ0) is 14.2. The third-order valence-corrected chi connectivity index (χ3v) is 3.97. The van der Waals surface area contributed by atoms with Crippen molar-refractivity contribution in [2.24, 2.45) is 0 Å². The van der Waals surface area contributed by atoms with Crippen molar-refractivity contribution in [2.45, 2.75) is 30.5 Å². The van der Waals surface area contributed by atoms with Crippen molar-refractivity contribution in [1.29, 1.82) is 5.26 Å². The molecule has 104 valence electrons. The lowest BCUT2D eigenvalue weighted by atomic mass is 10.1. The quantitative estimate of drug-likeness (QED) is 0.618. The Morgan fingerprint density at radius 3 is 2.95 bits per heavy atom. The van der Waals surface area contributed by atoms with Gasteiger partial charge in [0.25, 0.3) is 0 Å². The molecule has 0 spiro atoms. The first-order chi connectivity index (χ1) is 9.83. The molecule has 3 nitrogen and oxygen atoms in total. The predicted octanol–water partition coefficient (Wildman–Crippen LogP) is 3.94. The van der Waals surface area contributed by atoms with Gasteiger partial charge in [0.2, 0.25) is 0 Å². The van der Waals surface area contributed by atoms with E-state index in [0.29, 0.717) is 0 Å². The van der Waals surface area contributed by atoms with Crippen LogP contribution in [-0.2, 0) is 12.3 Å². The van der Waals surface area contributed by atoms with Crippen LogP contribution in [0.4, 0.5) is 0 Å². The van der Waals surface area contributed by atoms with Crippen molar-refractivity contribution in [2.75, 3.05) is 6.54 Å². The highest BCUT2D eigenvalue weighted by atomic mass is 32.2. The van der Waals surface area contributed by atoms with E-state index in [9.17, 15) is 5.26 Å². The Morgan fingerprint density at radius 1 is 1.35 bits per heavy atom. The number of furan rings is 1. The molecule has 0 aliphatic rings. The van der Waals surface area contributed by atoms with E-state index in [-0.39, 0.29) is 0 Å². The molecule has 1 N–H and O–H groups in total. The highest BCUT2D eigenvalue weighted by Gasteiger charge is 2.06. The topological polar surface area (TPSA) is 49.0 Å². The van der Waals surface area contributed by atoms with Gasteiger partial charge < -0.3 is 9.73 Å². The molecule has 0 unspecified atom stereocenters. The van der Waals surface area contributed by atoms with Gasteiger partial charge in [-0.1, -0.05) is 13.0 Å². The van der Waals surface area contributed by atoms with E-state index >= 15 is 0 Å². The predicted molar refractivity (Wildman–Crippen MR) is 81.4 cm³/mol. The molecule has 20 heavy (non-hydrogen) atoms. The van der Waals surface area contributed by atoms with Crippen LogP contribution in [0.25, 0.3) is 0 Å². The molecule has 4 heteroatoms. The maximum atomic E-state index is 9.26. The van der Waals surface area contributed by atoms with Gasteiger partial charge in [0, 0.05) is 11.4 Å². The molecule has 0 fully saturated rings. The van der Waals surface area contributed by atoms with Gasteiger partial charge in [0.15, 0.2) is 0 Å². The van der Waals surface area contributed by atoms with Crippen LogP contribution in [0.3, 0.4) is 0 Å². The zero-order valence-corrected chi connectivity index (χ0v) is 12.4. The summed E-state index contributed by atoms with van der Waals surface area (Å²) < 4.78 is 5.30. The Morgan fingerprint density at radius 2 is 2.25 bits per heavy atom. The summed E-state index contributed by atoms with van der Waals surface area (Å²) in [6, 6.07) is 12.2. The smallest absolute Gasteiger partial charge is 0.113 e. The third kappa shape index (κ3) is 4.16. The second-order valence-corrected chi connectivity index (χ2v) is 5.50. The first-order valence-electron chi connectivity index (χ1n) is 6.72. The van der Waals surface area contributed by atoms with Gasteiger partial charge in [0.1, 0.15) is 11.8 Å². The van der Waals surface area contributed by atoms with Crippen LogP contribution in [0.5, 0.6) is 0 Å². The molecule has 0 aliphatic carbocycles. The Kier molecular flexibility index (Phi) is 5.72. The Bertz CT molecular complexity index is 573. The second-order valence-electron chi connectivity index (χ2n) is 4.49. The van der Waals surface area contributed by atoms with Crippen molar-refractivity contribution in [3.8, 4) is 6.07 Å². The molecule has 2 rings (SSSR count). The summed E-state index contributed by atoms with van der Waals surface area (Å²) in [7, 11) is 0. The number of nitrogens with zero attached hydrogens (tertiary/aromatic N) is 1. The Hall–Kier alpha value is -1.70. The fourth-order valence-electron chi connectivity index (χ4n) is 1.85. The van der Waals surface area contributed by atoms with Crippen LogP contribution in [0, 0.1) is 11.3 Å². The molecule has 0 bridgehead atoms. The summed E-state index contributed by atoms with van der Waals surface area (Å²) in [4.78, 5) is 1.00. The SMILES string of the molecule is CCCNCc1ccc(SCc2ccco2)c(C#N)c1. The average Bonchev–Trinajstić information content (AvgIpc) is 2.99. The van der Waals surface area contributed by atoms with Gasteiger partial charge in [0.05, 0.1) is 17.6 Å². The van der Waals surface area contributed by atoms with Crippen molar-refractivity contribution in [1.82, 2.24) is 5.32 Å². The van der Waals surface area contributed by atoms with E-state index in [1.54, 1.807) is 18.0 Å². The van der Waals surface area contributed by atoms with E-state index in [0.717, 1.165) is 47.0 Å². The highest BCUT2D eigenvalue weighted by molar-refractivity contribution is 7.98. The molecule has 0 atom stereocenters. The van der Waals surface area contributed by atoms with E-state index in [4.69, 9.17) is 4.42 Å². The number of rotatable bonds is 7. The lowest BCUT2D eigenvalue weighted by Crippen LogP contribution is -2.13. The van der Waals surface area contributed by atoms with Crippen LogP contribution in [0.2, 0.25) is 0 Å². The van der Waals surface area contributed by atoms with Gasteiger partial charge in [-0.2, -0.15) is 5.26 Å². The second kappa shape index (κ2) is 7.78. The van der Waals surface area contributed by atoms with Gasteiger partial charge in [-0.25, -0.2) is 0 Å². The van der Waals surface area contributed by atoms with E-state index in [1.807, 2.05) is 24.3 Å². The Labute approximate surface area is 124 Å². The van der Waals surface area contributed by atoms with Gasteiger partial charge in [-0.3, -0.25) is 0 Å². The van der Waals surface area contributed by atoms with Crippen LogP contribution >= 0.6 is 11.8 Å². The summed E-state index contributed by atoms with van der Waals surface area (Å²) in [6.45, 7) is 3.95. The summed E-state index contributed by atoms with van der Waals surface area (Å²) in [5.74, 6) is 1.67. The summed E-state index contributed by atoms with van der Waals surface area (Å²) in [5, 5.41) is 12.6. The van der Waals surface area contributed by atoms with E-state index in [2.05, 4.69) is 24.4 Å². The van der Waals surface area contributed by atoms with E-state index in [1.165, 1.54) is 0 Å². The van der Waals surface area contributed by atoms with Crippen molar-refractivity contribution >= 4 is 11.8 Å². The number of hydrogen-bond acceptors (Lipinski definition) is 4. The van der Waals surface area contributed by atoms with Crippen LogP contribution in [0.1, 0.15) is 30.2 Å². The third-order valence-electron chi connectivity index (χ3n) is 2.87. The molecule has 1 aromatic heterocycles.